The van der Waals surface area contributed by atoms with Crippen LogP contribution in [0, 0.1) is 0 Å². The first-order chi connectivity index (χ1) is 11.8. The third kappa shape index (κ3) is 6.79. The number of hydrogen-bond acceptors (Lipinski definition) is 3. The Kier molecular flexibility index (Phi) is 7.77. The van der Waals surface area contributed by atoms with Gasteiger partial charge in [0.1, 0.15) is 5.75 Å². The van der Waals surface area contributed by atoms with Gasteiger partial charge in [0, 0.05) is 5.69 Å². The van der Waals surface area contributed by atoms with Crippen molar-refractivity contribution < 1.29 is 4.74 Å². The fourth-order valence-electron chi connectivity index (χ4n) is 2.04. The summed E-state index contributed by atoms with van der Waals surface area (Å²) in [5.41, 5.74) is 4.70. The van der Waals surface area contributed by atoms with Crippen LogP contribution in [0.5, 0.6) is 5.75 Å². The predicted octanol–water partition coefficient (Wildman–Crippen LogP) is 4.58. The highest BCUT2D eigenvalue weighted by Crippen LogP contribution is 2.12. The predicted molar refractivity (Wildman–Crippen MR) is 105 cm³/mol. The van der Waals surface area contributed by atoms with Crippen molar-refractivity contribution >= 4 is 29.2 Å². The molecule has 0 unspecified atom stereocenters. The zero-order valence-electron chi connectivity index (χ0n) is 13.9. The second-order valence-corrected chi connectivity index (χ2v) is 5.72. The van der Waals surface area contributed by atoms with E-state index in [0.717, 1.165) is 30.0 Å². The summed E-state index contributed by atoms with van der Waals surface area (Å²) in [5, 5.41) is 7.64. The molecule has 0 atom stereocenters. The molecular formula is C19H23N3OS. The molecule has 0 heterocycles. The van der Waals surface area contributed by atoms with Crippen LogP contribution in [0.4, 0.5) is 5.69 Å². The van der Waals surface area contributed by atoms with E-state index in [2.05, 4.69) is 22.8 Å². The molecule has 2 N–H and O–H groups in total. The van der Waals surface area contributed by atoms with Crippen molar-refractivity contribution in [3.05, 3.63) is 60.2 Å². The number of unbranched alkanes of at least 4 members (excludes halogenated alkanes) is 2. The first-order valence-corrected chi connectivity index (χ1v) is 8.56. The molecule has 0 saturated carbocycles. The van der Waals surface area contributed by atoms with Crippen LogP contribution in [-0.4, -0.2) is 17.9 Å². The lowest BCUT2D eigenvalue weighted by Gasteiger charge is -2.06. The van der Waals surface area contributed by atoms with Gasteiger partial charge in [0.25, 0.3) is 0 Å². The van der Waals surface area contributed by atoms with Crippen molar-refractivity contribution in [3.8, 4) is 5.75 Å². The van der Waals surface area contributed by atoms with Gasteiger partial charge in [0.05, 0.1) is 12.8 Å². The Morgan fingerprint density at radius 1 is 1.08 bits per heavy atom. The summed E-state index contributed by atoms with van der Waals surface area (Å²) in [5.74, 6) is 0.887. The number of anilines is 1. The number of rotatable bonds is 8. The molecule has 0 saturated heterocycles. The summed E-state index contributed by atoms with van der Waals surface area (Å²) in [7, 11) is 0. The summed E-state index contributed by atoms with van der Waals surface area (Å²) in [4.78, 5) is 0. The SMILES string of the molecule is CCCCCOc1ccc(/C=N\NC(=S)Nc2ccccc2)cc1. The molecule has 24 heavy (non-hydrogen) atoms. The van der Waals surface area contributed by atoms with Gasteiger partial charge < -0.3 is 10.1 Å². The summed E-state index contributed by atoms with van der Waals surface area (Å²) >= 11 is 5.19. The maximum absolute atomic E-state index is 5.68. The Bertz CT molecular complexity index is 641. The molecule has 0 aliphatic heterocycles. The topological polar surface area (TPSA) is 45.6 Å². The third-order valence-electron chi connectivity index (χ3n) is 3.31. The van der Waals surface area contributed by atoms with E-state index < -0.39 is 0 Å². The van der Waals surface area contributed by atoms with Gasteiger partial charge >= 0.3 is 0 Å². The van der Waals surface area contributed by atoms with Crippen LogP contribution in [0.2, 0.25) is 0 Å². The standard InChI is InChI=1S/C19H23N3OS/c1-2-3-7-14-23-18-12-10-16(11-13-18)15-20-22-19(24)21-17-8-5-4-6-9-17/h4-6,8-13,15H,2-3,7,14H2,1H3,(H2,21,22,24)/b20-15-. The monoisotopic (exact) mass is 341 g/mol. The molecule has 2 rings (SSSR count). The highest BCUT2D eigenvalue weighted by atomic mass is 32.1. The van der Waals surface area contributed by atoms with E-state index >= 15 is 0 Å². The first kappa shape index (κ1) is 17.9. The van der Waals surface area contributed by atoms with Crippen molar-refractivity contribution in [2.45, 2.75) is 26.2 Å². The lowest BCUT2D eigenvalue weighted by atomic mass is 10.2. The van der Waals surface area contributed by atoms with Crippen molar-refractivity contribution in [1.29, 1.82) is 0 Å². The summed E-state index contributed by atoms with van der Waals surface area (Å²) < 4.78 is 5.68. The second-order valence-electron chi connectivity index (χ2n) is 5.31. The quantitative estimate of drug-likeness (QED) is 0.319. The number of nitrogens with zero attached hydrogens (tertiary/aromatic N) is 1. The number of ether oxygens (including phenoxy) is 1. The van der Waals surface area contributed by atoms with Crippen LogP contribution in [-0.2, 0) is 0 Å². The molecule has 0 bridgehead atoms. The van der Waals surface area contributed by atoms with Gasteiger partial charge in [-0.3, -0.25) is 5.43 Å². The summed E-state index contributed by atoms with van der Waals surface area (Å²) in [6.07, 6.45) is 5.22. The average Bonchev–Trinajstić information content (AvgIpc) is 2.61. The smallest absolute Gasteiger partial charge is 0.191 e. The van der Waals surface area contributed by atoms with Gasteiger partial charge in [-0.15, -0.1) is 0 Å². The molecule has 126 valence electrons. The third-order valence-corrected chi connectivity index (χ3v) is 3.50. The van der Waals surface area contributed by atoms with Crippen LogP contribution >= 0.6 is 12.2 Å². The van der Waals surface area contributed by atoms with Crippen molar-refractivity contribution in [2.24, 2.45) is 5.10 Å². The molecule has 0 fully saturated rings. The molecule has 0 aliphatic carbocycles. The number of benzene rings is 2. The Morgan fingerprint density at radius 2 is 1.83 bits per heavy atom. The lowest BCUT2D eigenvalue weighted by molar-refractivity contribution is 0.306. The van der Waals surface area contributed by atoms with Gasteiger partial charge in [0.2, 0.25) is 0 Å². The fraction of sp³-hybridized carbons (Fsp3) is 0.263. The van der Waals surface area contributed by atoms with E-state index in [1.54, 1.807) is 6.21 Å². The van der Waals surface area contributed by atoms with E-state index in [4.69, 9.17) is 17.0 Å². The van der Waals surface area contributed by atoms with E-state index in [0.29, 0.717) is 5.11 Å². The van der Waals surface area contributed by atoms with Crippen LogP contribution in [0.3, 0.4) is 0 Å². The summed E-state index contributed by atoms with van der Waals surface area (Å²) in [6, 6.07) is 17.6. The highest BCUT2D eigenvalue weighted by molar-refractivity contribution is 7.80. The number of nitrogens with one attached hydrogen (secondary N) is 2. The molecule has 0 spiro atoms. The van der Waals surface area contributed by atoms with Gasteiger partial charge in [0.15, 0.2) is 5.11 Å². The van der Waals surface area contributed by atoms with Gasteiger partial charge in [-0.05, 0) is 60.6 Å². The van der Waals surface area contributed by atoms with E-state index in [1.165, 1.54) is 12.8 Å². The molecule has 4 nitrogen and oxygen atoms in total. The van der Waals surface area contributed by atoms with Crippen molar-refractivity contribution in [2.75, 3.05) is 11.9 Å². The first-order valence-electron chi connectivity index (χ1n) is 8.16. The maximum Gasteiger partial charge on any atom is 0.191 e. The Hall–Kier alpha value is -2.40. The minimum absolute atomic E-state index is 0.452. The maximum atomic E-state index is 5.68. The normalized spacial score (nSPS) is 10.5. The number of hydrazone groups is 1. The number of hydrogen-bond donors (Lipinski definition) is 2. The van der Waals surface area contributed by atoms with Crippen LogP contribution in [0.15, 0.2) is 59.7 Å². The molecule has 0 aromatic heterocycles. The van der Waals surface area contributed by atoms with E-state index in [-0.39, 0.29) is 0 Å². The van der Waals surface area contributed by atoms with Crippen molar-refractivity contribution in [3.63, 3.8) is 0 Å². The van der Waals surface area contributed by atoms with E-state index in [1.807, 2.05) is 54.6 Å². The van der Waals surface area contributed by atoms with Crippen LogP contribution in [0.25, 0.3) is 0 Å². The minimum atomic E-state index is 0.452. The fourth-order valence-corrected chi connectivity index (χ4v) is 2.21. The molecule has 2 aromatic rings. The largest absolute Gasteiger partial charge is 0.494 e. The Labute approximate surface area is 148 Å². The molecule has 0 radical (unpaired) electrons. The van der Waals surface area contributed by atoms with Crippen LogP contribution < -0.4 is 15.5 Å². The Balaban J connectivity index is 1.74. The zero-order chi connectivity index (χ0) is 17.0. The van der Waals surface area contributed by atoms with Crippen LogP contribution in [0.1, 0.15) is 31.7 Å². The minimum Gasteiger partial charge on any atom is -0.494 e. The second kappa shape index (κ2) is 10.4. The van der Waals surface area contributed by atoms with Gasteiger partial charge in [-0.1, -0.05) is 38.0 Å². The van der Waals surface area contributed by atoms with Crippen molar-refractivity contribution in [1.82, 2.24) is 5.43 Å². The van der Waals surface area contributed by atoms with E-state index in [9.17, 15) is 0 Å². The molecular weight excluding hydrogens is 318 g/mol. The van der Waals surface area contributed by atoms with Gasteiger partial charge in [-0.25, -0.2) is 0 Å². The lowest BCUT2D eigenvalue weighted by Crippen LogP contribution is -2.23. The summed E-state index contributed by atoms with van der Waals surface area (Å²) in [6.45, 7) is 2.95. The zero-order valence-corrected chi connectivity index (χ0v) is 14.7. The number of thiocarbonyl (C=S) groups is 1. The molecule has 0 amide bonds. The molecule has 2 aromatic carbocycles. The number of para-hydroxylation sites is 1. The molecule has 5 heteroatoms. The highest BCUT2D eigenvalue weighted by Gasteiger charge is 1.96. The average molecular weight is 341 g/mol. The van der Waals surface area contributed by atoms with Gasteiger partial charge in [-0.2, -0.15) is 5.10 Å². The Morgan fingerprint density at radius 3 is 2.54 bits per heavy atom. The molecule has 0 aliphatic rings.